The minimum atomic E-state index is -0.868. The Morgan fingerprint density at radius 2 is 2.00 bits per heavy atom. The quantitative estimate of drug-likeness (QED) is 0.904. The topological polar surface area (TPSA) is 72.9 Å². The van der Waals surface area contributed by atoms with Crippen LogP contribution in [0.4, 0.5) is 0 Å². The van der Waals surface area contributed by atoms with Crippen LogP contribution in [0.1, 0.15) is 46.6 Å². The van der Waals surface area contributed by atoms with E-state index in [4.69, 9.17) is 0 Å². The Morgan fingerprint density at radius 3 is 2.55 bits per heavy atom. The van der Waals surface area contributed by atoms with Crippen molar-refractivity contribution in [2.24, 2.45) is 0 Å². The van der Waals surface area contributed by atoms with Crippen molar-refractivity contribution < 1.29 is 5.11 Å². The first-order valence-electron chi connectivity index (χ1n) is 7.07. The second kappa shape index (κ2) is 5.36. The molecule has 6 heteroatoms. The molecule has 2 heterocycles. The summed E-state index contributed by atoms with van der Waals surface area (Å²) >= 11 is 0. The van der Waals surface area contributed by atoms with Crippen LogP contribution in [0.5, 0.6) is 0 Å². The van der Waals surface area contributed by atoms with Gasteiger partial charge in [-0.15, -0.1) is 0 Å². The minimum absolute atomic E-state index is 0.151. The SMILES string of the molecule is CCC(O)(CC)Cn1cnc2c(cnn2C(C)C)c1=O. The fourth-order valence-corrected chi connectivity index (χ4v) is 2.25. The maximum absolute atomic E-state index is 12.4. The molecular weight excluding hydrogens is 256 g/mol. The van der Waals surface area contributed by atoms with Crippen molar-refractivity contribution in [1.29, 1.82) is 0 Å². The van der Waals surface area contributed by atoms with Gasteiger partial charge in [0.05, 0.1) is 18.3 Å². The standard InChI is InChI=1S/C14H22N4O2/c1-5-14(20,6-2)8-17-9-15-12-11(13(17)19)7-16-18(12)10(3)4/h7,9-10,20H,5-6,8H2,1-4H3. The molecule has 110 valence electrons. The van der Waals surface area contributed by atoms with Crippen LogP contribution in [0.15, 0.2) is 17.3 Å². The van der Waals surface area contributed by atoms with E-state index in [2.05, 4.69) is 10.1 Å². The molecule has 0 aliphatic carbocycles. The average molecular weight is 278 g/mol. The molecule has 0 aromatic carbocycles. The summed E-state index contributed by atoms with van der Waals surface area (Å²) in [7, 11) is 0. The summed E-state index contributed by atoms with van der Waals surface area (Å²) in [4.78, 5) is 16.8. The Balaban J connectivity index is 2.48. The van der Waals surface area contributed by atoms with Crippen molar-refractivity contribution in [2.75, 3.05) is 0 Å². The van der Waals surface area contributed by atoms with Gasteiger partial charge in [-0.05, 0) is 26.7 Å². The Hall–Kier alpha value is -1.69. The van der Waals surface area contributed by atoms with Gasteiger partial charge in [0.2, 0.25) is 0 Å². The molecule has 0 spiro atoms. The third-order valence-electron chi connectivity index (χ3n) is 3.85. The summed E-state index contributed by atoms with van der Waals surface area (Å²) in [6, 6.07) is 0.151. The van der Waals surface area contributed by atoms with Gasteiger partial charge in [-0.25, -0.2) is 9.67 Å². The lowest BCUT2D eigenvalue weighted by atomic mass is 9.97. The summed E-state index contributed by atoms with van der Waals surface area (Å²) in [5.41, 5.74) is -0.423. The molecule has 0 aliphatic rings. The van der Waals surface area contributed by atoms with E-state index < -0.39 is 5.60 Å². The van der Waals surface area contributed by atoms with Crippen LogP contribution in [0.25, 0.3) is 11.0 Å². The van der Waals surface area contributed by atoms with Gasteiger partial charge in [0, 0.05) is 6.04 Å². The van der Waals surface area contributed by atoms with Gasteiger partial charge in [0.1, 0.15) is 11.7 Å². The van der Waals surface area contributed by atoms with Crippen molar-refractivity contribution in [3.63, 3.8) is 0 Å². The zero-order valence-corrected chi connectivity index (χ0v) is 12.5. The monoisotopic (exact) mass is 278 g/mol. The van der Waals surface area contributed by atoms with Crippen molar-refractivity contribution >= 4 is 11.0 Å². The molecule has 0 saturated heterocycles. The van der Waals surface area contributed by atoms with Gasteiger partial charge in [-0.1, -0.05) is 13.8 Å². The van der Waals surface area contributed by atoms with Gasteiger partial charge < -0.3 is 5.11 Å². The second-order valence-corrected chi connectivity index (χ2v) is 5.53. The van der Waals surface area contributed by atoms with Gasteiger partial charge in [-0.3, -0.25) is 9.36 Å². The van der Waals surface area contributed by atoms with Gasteiger partial charge >= 0.3 is 0 Å². The summed E-state index contributed by atoms with van der Waals surface area (Å²) < 4.78 is 3.20. The Bertz CT molecular complexity index is 653. The highest BCUT2D eigenvalue weighted by molar-refractivity contribution is 5.72. The first-order chi connectivity index (χ1) is 9.41. The van der Waals surface area contributed by atoms with E-state index >= 15 is 0 Å². The predicted molar refractivity (Wildman–Crippen MR) is 77.7 cm³/mol. The molecule has 2 aromatic rings. The number of nitrogens with zero attached hydrogens (tertiary/aromatic N) is 4. The van der Waals surface area contributed by atoms with Crippen LogP contribution >= 0.6 is 0 Å². The Morgan fingerprint density at radius 1 is 1.35 bits per heavy atom. The van der Waals surface area contributed by atoms with Gasteiger partial charge in [0.15, 0.2) is 5.65 Å². The Kier molecular flexibility index (Phi) is 3.94. The fraction of sp³-hybridized carbons (Fsp3) is 0.643. The van der Waals surface area contributed by atoms with E-state index in [0.29, 0.717) is 23.9 Å². The molecule has 0 aliphatic heterocycles. The van der Waals surface area contributed by atoms with Crippen LogP contribution < -0.4 is 5.56 Å². The molecule has 20 heavy (non-hydrogen) atoms. The van der Waals surface area contributed by atoms with Gasteiger partial charge in [0.25, 0.3) is 5.56 Å². The summed E-state index contributed by atoms with van der Waals surface area (Å²) in [5, 5.41) is 15.1. The van der Waals surface area contributed by atoms with Crippen molar-refractivity contribution in [3.8, 4) is 0 Å². The van der Waals surface area contributed by atoms with E-state index in [1.165, 1.54) is 10.9 Å². The molecule has 0 unspecified atom stereocenters. The summed E-state index contributed by atoms with van der Waals surface area (Å²) in [6.45, 7) is 8.07. The molecule has 0 bridgehead atoms. The molecule has 0 atom stereocenters. The van der Waals surface area contributed by atoms with Crippen LogP contribution in [-0.2, 0) is 6.54 Å². The molecule has 0 fully saturated rings. The number of rotatable bonds is 5. The van der Waals surface area contributed by atoms with Crippen LogP contribution in [0, 0.1) is 0 Å². The highest BCUT2D eigenvalue weighted by atomic mass is 16.3. The van der Waals surface area contributed by atoms with Gasteiger partial charge in [-0.2, -0.15) is 5.10 Å². The van der Waals surface area contributed by atoms with E-state index in [0.717, 1.165) is 0 Å². The first kappa shape index (κ1) is 14.7. The fourth-order valence-electron chi connectivity index (χ4n) is 2.25. The first-order valence-corrected chi connectivity index (χ1v) is 7.07. The largest absolute Gasteiger partial charge is 0.388 e. The molecule has 0 radical (unpaired) electrons. The lowest BCUT2D eigenvalue weighted by molar-refractivity contribution is 0.0140. The van der Waals surface area contributed by atoms with E-state index in [9.17, 15) is 9.90 Å². The molecule has 0 saturated carbocycles. The molecule has 6 nitrogen and oxygen atoms in total. The molecule has 0 amide bonds. The van der Waals surface area contributed by atoms with E-state index in [1.807, 2.05) is 27.7 Å². The third kappa shape index (κ3) is 2.47. The number of aromatic nitrogens is 4. The van der Waals surface area contributed by atoms with Crippen molar-refractivity contribution in [2.45, 2.75) is 58.7 Å². The summed E-state index contributed by atoms with van der Waals surface area (Å²) in [5.74, 6) is 0. The summed E-state index contributed by atoms with van der Waals surface area (Å²) in [6.07, 6.45) is 4.25. The maximum Gasteiger partial charge on any atom is 0.264 e. The zero-order valence-electron chi connectivity index (χ0n) is 12.5. The zero-order chi connectivity index (χ0) is 14.9. The van der Waals surface area contributed by atoms with Crippen molar-refractivity contribution in [3.05, 3.63) is 22.9 Å². The average Bonchev–Trinajstić information content (AvgIpc) is 2.86. The van der Waals surface area contributed by atoms with E-state index in [1.54, 1.807) is 10.9 Å². The lowest BCUT2D eigenvalue weighted by Crippen LogP contribution is -2.37. The highest BCUT2D eigenvalue weighted by Gasteiger charge is 2.24. The van der Waals surface area contributed by atoms with E-state index in [-0.39, 0.29) is 18.1 Å². The van der Waals surface area contributed by atoms with Crippen LogP contribution in [0.3, 0.4) is 0 Å². The molecule has 2 aromatic heterocycles. The van der Waals surface area contributed by atoms with Crippen LogP contribution in [0.2, 0.25) is 0 Å². The molecular formula is C14H22N4O2. The lowest BCUT2D eigenvalue weighted by Gasteiger charge is -2.25. The molecule has 1 N–H and O–H groups in total. The minimum Gasteiger partial charge on any atom is -0.388 e. The predicted octanol–water partition coefficient (Wildman–Crippen LogP) is 1.72. The number of hydrogen-bond acceptors (Lipinski definition) is 4. The van der Waals surface area contributed by atoms with Crippen LogP contribution in [-0.4, -0.2) is 30.0 Å². The Labute approximate surface area is 118 Å². The third-order valence-corrected chi connectivity index (χ3v) is 3.85. The second-order valence-electron chi connectivity index (χ2n) is 5.53. The number of aliphatic hydroxyl groups is 1. The van der Waals surface area contributed by atoms with Crippen molar-refractivity contribution in [1.82, 2.24) is 19.3 Å². The highest BCUT2D eigenvalue weighted by Crippen LogP contribution is 2.17. The molecule has 2 rings (SSSR count). The maximum atomic E-state index is 12.4. The normalized spacial score (nSPS) is 12.5. The number of fused-ring (bicyclic) bond motifs is 1. The smallest absolute Gasteiger partial charge is 0.264 e. The number of hydrogen-bond donors (Lipinski definition) is 1.